The van der Waals surface area contributed by atoms with E-state index in [-0.39, 0.29) is 23.1 Å². The third-order valence-electron chi connectivity index (χ3n) is 5.30. The summed E-state index contributed by atoms with van der Waals surface area (Å²) in [6, 6.07) is 7.86. The third kappa shape index (κ3) is 4.00. The minimum atomic E-state index is -3.65. The van der Waals surface area contributed by atoms with Gasteiger partial charge in [-0.05, 0) is 35.2 Å². The van der Waals surface area contributed by atoms with E-state index in [9.17, 15) is 18.0 Å². The number of rotatable bonds is 5. The number of thiophene rings is 1. The lowest BCUT2D eigenvalue weighted by molar-refractivity contribution is -0.125. The number of nitrogens with one attached hydrogen (secondary N) is 1. The quantitative estimate of drug-likeness (QED) is 0.744. The van der Waals surface area contributed by atoms with Crippen LogP contribution in [0.2, 0.25) is 0 Å². The molecule has 160 valence electrons. The summed E-state index contributed by atoms with van der Waals surface area (Å²) in [5, 5.41) is 4.82. The molecule has 0 bridgehead atoms. The first-order valence-electron chi connectivity index (χ1n) is 9.68. The van der Waals surface area contributed by atoms with E-state index in [1.807, 2.05) is 17.5 Å². The summed E-state index contributed by atoms with van der Waals surface area (Å²) in [4.78, 5) is 27.7. The highest BCUT2D eigenvalue weighted by Crippen LogP contribution is 2.35. The predicted molar refractivity (Wildman–Crippen MR) is 113 cm³/mol. The number of benzene rings is 1. The second-order valence-corrected chi connectivity index (χ2v) is 10.2. The van der Waals surface area contributed by atoms with Crippen LogP contribution in [0.15, 0.2) is 40.6 Å². The zero-order chi connectivity index (χ0) is 21.3. The van der Waals surface area contributed by atoms with E-state index in [0.717, 1.165) is 4.88 Å². The van der Waals surface area contributed by atoms with Crippen molar-refractivity contribution in [2.45, 2.75) is 30.8 Å². The SMILES string of the molecule is CC(=O)N1c2ccc(S(=O)(=O)N3CCOCC3)cc2C[C@@H]1C(=O)NCc1cccs1. The van der Waals surface area contributed by atoms with E-state index in [0.29, 0.717) is 44.1 Å². The molecule has 0 aliphatic carbocycles. The van der Waals surface area contributed by atoms with Gasteiger partial charge in [0, 0.05) is 37.0 Å². The Bertz CT molecular complexity index is 1050. The lowest BCUT2D eigenvalue weighted by Crippen LogP contribution is -2.47. The molecular weight excluding hydrogens is 426 g/mol. The first-order chi connectivity index (χ1) is 14.4. The zero-order valence-electron chi connectivity index (χ0n) is 16.5. The number of morpholine rings is 1. The van der Waals surface area contributed by atoms with Crippen LogP contribution in [0.1, 0.15) is 17.4 Å². The summed E-state index contributed by atoms with van der Waals surface area (Å²) < 4.78 is 32.6. The molecule has 4 rings (SSSR count). The molecule has 0 unspecified atom stereocenters. The monoisotopic (exact) mass is 449 g/mol. The fourth-order valence-electron chi connectivity index (χ4n) is 3.83. The van der Waals surface area contributed by atoms with Gasteiger partial charge in [-0.2, -0.15) is 4.31 Å². The number of anilines is 1. The molecule has 0 spiro atoms. The van der Waals surface area contributed by atoms with E-state index in [1.54, 1.807) is 23.5 Å². The Labute approximate surface area is 179 Å². The smallest absolute Gasteiger partial charge is 0.243 e. The van der Waals surface area contributed by atoms with Gasteiger partial charge in [-0.25, -0.2) is 8.42 Å². The van der Waals surface area contributed by atoms with Gasteiger partial charge in [0.15, 0.2) is 0 Å². The first kappa shape index (κ1) is 21.0. The normalized spacial score (nSPS) is 19.5. The van der Waals surface area contributed by atoms with Crippen molar-refractivity contribution in [1.82, 2.24) is 9.62 Å². The van der Waals surface area contributed by atoms with E-state index in [4.69, 9.17) is 4.74 Å². The van der Waals surface area contributed by atoms with Crippen molar-refractivity contribution in [2.24, 2.45) is 0 Å². The van der Waals surface area contributed by atoms with Crippen molar-refractivity contribution in [3.8, 4) is 0 Å². The van der Waals surface area contributed by atoms with Gasteiger partial charge in [0.1, 0.15) is 6.04 Å². The molecule has 2 aliphatic heterocycles. The lowest BCUT2D eigenvalue weighted by Gasteiger charge is -2.26. The Morgan fingerprint density at radius 3 is 2.67 bits per heavy atom. The summed E-state index contributed by atoms with van der Waals surface area (Å²) in [6.07, 6.45) is 0.275. The number of nitrogens with zero attached hydrogens (tertiary/aromatic N) is 2. The zero-order valence-corrected chi connectivity index (χ0v) is 18.2. The van der Waals surface area contributed by atoms with Crippen LogP contribution in [0.5, 0.6) is 0 Å². The molecule has 3 heterocycles. The average molecular weight is 450 g/mol. The summed E-state index contributed by atoms with van der Waals surface area (Å²) in [7, 11) is -3.65. The molecule has 0 saturated carbocycles. The van der Waals surface area contributed by atoms with E-state index in [1.165, 1.54) is 22.2 Å². The molecule has 0 radical (unpaired) electrons. The van der Waals surface area contributed by atoms with Gasteiger partial charge in [0.05, 0.1) is 24.7 Å². The molecule has 2 amide bonds. The molecule has 1 atom stereocenters. The van der Waals surface area contributed by atoms with Crippen molar-refractivity contribution in [3.63, 3.8) is 0 Å². The first-order valence-corrected chi connectivity index (χ1v) is 12.0. The van der Waals surface area contributed by atoms with Crippen LogP contribution in [0, 0.1) is 0 Å². The van der Waals surface area contributed by atoms with E-state index < -0.39 is 16.1 Å². The molecule has 10 heteroatoms. The molecule has 8 nitrogen and oxygen atoms in total. The molecule has 1 fully saturated rings. The molecule has 2 aliphatic rings. The number of hydrogen-bond acceptors (Lipinski definition) is 6. The second kappa shape index (κ2) is 8.46. The molecule has 1 saturated heterocycles. The van der Waals surface area contributed by atoms with E-state index >= 15 is 0 Å². The van der Waals surface area contributed by atoms with Gasteiger partial charge >= 0.3 is 0 Å². The number of carbonyl (C=O) groups excluding carboxylic acids is 2. The Hall–Kier alpha value is -2.27. The van der Waals surface area contributed by atoms with Gasteiger partial charge < -0.3 is 10.1 Å². The van der Waals surface area contributed by atoms with Crippen LogP contribution in [0.3, 0.4) is 0 Å². The van der Waals surface area contributed by atoms with Gasteiger partial charge in [0.2, 0.25) is 21.8 Å². The average Bonchev–Trinajstić information content (AvgIpc) is 3.39. The predicted octanol–water partition coefficient (Wildman–Crippen LogP) is 1.36. The van der Waals surface area contributed by atoms with Gasteiger partial charge in [-0.1, -0.05) is 6.07 Å². The Morgan fingerprint density at radius 1 is 1.23 bits per heavy atom. The molecule has 2 aromatic rings. The number of sulfonamides is 1. The Kier molecular flexibility index (Phi) is 5.92. The van der Waals surface area contributed by atoms with Crippen LogP contribution in [0.4, 0.5) is 5.69 Å². The largest absolute Gasteiger partial charge is 0.379 e. The van der Waals surface area contributed by atoms with Crippen LogP contribution < -0.4 is 10.2 Å². The van der Waals surface area contributed by atoms with Gasteiger partial charge in [0.25, 0.3) is 0 Å². The van der Waals surface area contributed by atoms with Crippen LogP contribution in [-0.4, -0.2) is 56.9 Å². The molecule has 1 aromatic heterocycles. The number of ether oxygens (including phenoxy) is 1. The highest BCUT2D eigenvalue weighted by atomic mass is 32.2. The number of fused-ring (bicyclic) bond motifs is 1. The highest BCUT2D eigenvalue weighted by molar-refractivity contribution is 7.89. The maximum absolute atomic E-state index is 13.0. The molecule has 1 N–H and O–H groups in total. The number of amides is 2. The third-order valence-corrected chi connectivity index (χ3v) is 8.07. The van der Waals surface area contributed by atoms with Crippen molar-refractivity contribution in [3.05, 3.63) is 46.2 Å². The Morgan fingerprint density at radius 2 is 2.00 bits per heavy atom. The van der Waals surface area contributed by atoms with Crippen molar-refractivity contribution in [1.29, 1.82) is 0 Å². The van der Waals surface area contributed by atoms with E-state index in [2.05, 4.69) is 5.32 Å². The minimum Gasteiger partial charge on any atom is -0.379 e. The molecule has 30 heavy (non-hydrogen) atoms. The summed E-state index contributed by atoms with van der Waals surface area (Å²) >= 11 is 1.54. The lowest BCUT2D eigenvalue weighted by atomic mass is 10.1. The van der Waals surface area contributed by atoms with Crippen LogP contribution >= 0.6 is 11.3 Å². The second-order valence-electron chi connectivity index (χ2n) is 7.21. The van der Waals surface area contributed by atoms with Crippen molar-refractivity contribution < 1.29 is 22.7 Å². The number of hydrogen-bond donors (Lipinski definition) is 1. The fraction of sp³-hybridized carbons (Fsp3) is 0.400. The summed E-state index contributed by atoms with van der Waals surface area (Å²) in [5.41, 5.74) is 1.26. The number of carbonyl (C=O) groups is 2. The molecular formula is C20H23N3O5S2. The van der Waals surface area contributed by atoms with Crippen molar-refractivity contribution in [2.75, 3.05) is 31.2 Å². The van der Waals surface area contributed by atoms with Crippen molar-refractivity contribution >= 4 is 38.9 Å². The van der Waals surface area contributed by atoms with Gasteiger partial charge in [-0.3, -0.25) is 14.5 Å². The summed E-state index contributed by atoms with van der Waals surface area (Å²) in [5.74, 6) is -0.513. The molecule has 1 aromatic carbocycles. The highest BCUT2D eigenvalue weighted by Gasteiger charge is 2.38. The topological polar surface area (TPSA) is 96.0 Å². The Balaban J connectivity index is 1.57. The standard InChI is InChI=1S/C20H23N3O5S2/c1-14(24)23-18-5-4-17(30(26,27)22-6-8-28-9-7-22)11-15(18)12-19(23)20(25)21-13-16-3-2-10-29-16/h2-5,10-11,19H,6-9,12-13H2,1H3,(H,21,25)/t19-/m1/s1. The summed E-state index contributed by atoms with van der Waals surface area (Å²) in [6.45, 7) is 3.17. The van der Waals surface area contributed by atoms with Crippen LogP contribution in [0.25, 0.3) is 0 Å². The fourth-order valence-corrected chi connectivity index (χ4v) is 5.93. The maximum atomic E-state index is 13.0. The van der Waals surface area contributed by atoms with Crippen LogP contribution in [-0.2, 0) is 37.3 Å². The minimum absolute atomic E-state index is 0.172. The maximum Gasteiger partial charge on any atom is 0.243 e. The van der Waals surface area contributed by atoms with Gasteiger partial charge in [-0.15, -0.1) is 11.3 Å².